The van der Waals surface area contributed by atoms with E-state index in [4.69, 9.17) is 0 Å². The predicted octanol–water partition coefficient (Wildman–Crippen LogP) is 3.76. The summed E-state index contributed by atoms with van der Waals surface area (Å²) in [6, 6.07) is 4.83. The monoisotopic (exact) mass is 341 g/mol. The maximum absolute atomic E-state index is 12.1. The van der Waals surface area contributed by atoms with Gasteiger partial charge in [0.25, 0.3) is 5.91 Å². The van der Waals surface area contributed by atoms with E-state index in [1.807, 2.05) is 0 Å². The van der Waals surface area contributed by atoms with Gasteiger partial charge < -0.3 is 4.90 Å². The Hall–Kier alpha value is -0.690. The molecule has 1 rings (SSSR count). The summed E-state index contributed by atoms with van der Waals surface area (Å²) in [5.41, 5.74) is 0.298. The second-order valence-electron chi connectivity index (χ2n) is 3.76. The molecular weight excluding hydrogens is 331 g/mol. The zero-order valence-corrected chi connectivity index (χ0v) is 11.9. The average molecular weight is 342 g/mol. The third-order valence-corrected chi connectivity index (χ3v) is 3.23. The number of rotatable bonds is 3. The van der Waals surface area contributed by atoms with Gasteiger partial charge in [-0.2, -0.15) is 13.2 Å². The maximum atomic E-state index is 12.1. The van der Waals surface area contributed by atoms with Crippen molar-refractivity contribution in [3.63, 3.8) is 0 Å². The van der Waals surface area contributed by atoms with Gasteiger partial charge in [-0.3, -0.25) is 4.79 Å². The van der Waals surface area contributed by atoms with Gasteiger partial charge in [0.15, 0.2) is 0 Å². The van der Waals surface area contributed by atoms with Gasteiger partial charge in [0.1, 0.15) is 0 Å². The van der Waals surface area contributed by atoms with E-state index >= 15 is 0 Å². The smallest absolute Gasteiger partial charge is 0.341 e. The minimum Gasteiger partial charge on any atom is -0.341 e. The Balaban J connectivity index is 2.77. The zero-order valence-electron chi connectivity index (χ0n) is 9.46. The average Bonchev–Trinajstić information content (AvgIpc) is 2.27. The standard InChI is InChI=1S/C11H11BrF3NOS/c1-16(5-4-11(13,14)15)10(17)8-6-7(18)2-3-9(8)12/h2-3,6,18H,4-5H2,1H3. The molecular formula is C11H11BrF3NOS. The van der Waals surface area contributed by atoms with Crippen LogP contribution >= 0.6 is 28.6 Å². The van der Waals surface area contributed by atoms with Gasteiger partial charge in [0.05, 0.1) is 12.0 Å². The van der Waals surface area contributed by atoms with Crippen LogP contribution in [0, 0.1) is 0 Å². The van der Waals surface area contributed by atoms with Crippen LogP contribution in [0.4, 0.5) is 13.2 Å². The summed E-state index contributed by atoms with van der Waals surface area (Å²) in [5.74, 6) is -0.470. The topological polar surface area (TPSA) is 20.3 Å². The van der Waals surface area contributed by atoms with Crippen molar-refractivity contribution in [3.8, 4) is 0 Å². The van der Waals surface area contributed by atoms with Gasteiger partial charge in [-0.1, -0.05) is 0 Å². The van der Waals surface area contributed by atoms with Gasteiger partial charge in [-0.25, -0.2) is 0 Å². The molecule has 0 radical (unpaired) electrons. The highest BCUT2D eigenvalue weighted by Gasteiger charge is 2.28. The molecule has 18 heavy (non-hydrogen) atoms. The number of benzene rings is 1. The molecule has 1 aromatic rings. The highest BCUT2D eigenvalue weighted by molar-refractivity contribution is 9.10. The molecule has 0 aliphatic carbocycles. The van der Waals surface area contributed by atoms with Crippen LogP contribution in [-0.2, 0) is 0 Å². The lowest BCUT2D eigenvalue weighted by atomic mass is 10.2. The molecule has 7 heteroatoms. The Morgan fingerprint density at radius 1 is 1.44 bits per heavy atom. The van der Waals surface area contributed by atoms with E-state index in [2.05, 4.69) is 28.6 Å². The molecule has 100 valence electrons. The molecule has 0 aromatic heterocycles. The molecule has 0 unspecified atom stereocenters. The minimum absolute atomic E-state index is 0.298. The molecule has 0 N–H and O–H groups in total. The van der Waals surface area contributed by atoms with E-state index in [0.29, 0.717) is 14.9 Å². The Labute approximate surface area is 117 Å². The van der Waals surface area contributed by atoms with E-state index in [1.165, 1.54) is 13.1 Å². The van der Waals surface area contributed by atoms with Crippen LogP contribution in [-0.4, -0.2) is 30.6 Å². The van der Waals surface area contributed by atoms with Gasteiger partial charge in [0.2, 0.25) is 0 Å². The molecule has 0 spiro atoms. The fourth-order valence-electron chi connectivity index (χ4n) is 1.28. The van der Waals surface area contributed by atoms with Crippen molar-refractivity contribution in [2.24, 2.45) is 0 Å². The Morgan fingerprint density at radius 3 is 2.61 bits per heavy atom. The molecule has 0 atom stereocenters. The quantitative estimate of drug-likeness (QED) is 0.830. The number of nitrogens with zero attached hydrogens (tertiary/aromatic N) is 1. The van der Waals surface area contributed by atoms with Crippen LogP contribution in [0.25, 0.3) is 0 Å². The fourth-order valence-corrected chi connectivity index (χ4v) is 1.90. The predicted molar refractivity (Wildman–Crippen MR) is 69.0 cm³/mol. The van der Waals surface area contributed by atoms with Gasteiger partial charge in [-0.05, 0) is 34.1 Å². The Morgan fingerprint density at radius 2 is 2.06 bits per heavy atom. The van der Waals surface area contributed by atoms with Crippen molar-refractivity contribution < 1.29 is 18.0 Å². The van der Waals surface area contributed by atoms with Crippen molar-refractivity contribution in [1.29, 1.82) is 0 Å². The van der Waals surface area contributed by atoms with E-state index < -0.39 is 18.5 Å². The summed E-state index contributed by atoms with van der Waals surface area (Å²) in [6.07, 6.45) is -5.29. The number of amides is 1. The molecule has 1 amide bonds. The Bertz CT molecular complexity index is 450. The first kappa shape index (κ1) is 15.4. The van der Waals surface area contributed by atoms with Crippen molar-refractivity contribution in [1.82, 2.24) is 4.90 Å². The summed E-state index contributed by atoms with van der Waals surface area (Å²) in [7, 11) is 1.34. The normalized spacial score (nSPS) is 11.4. The molecule has 0 aliphatic heterocycles. The van der Waals surface area contributed by atoms with Crippen molar-refractivity contribution >= 4 is 34.5 Å². The van der Waals surface area contributed by atoms with E-state index in [-0.39, 0.29) is 6.54 Å². The second-order valence-corrected chi connectivity index (χ2v) is 5.13. The lowest BCUT2D eigenvalue weighted by Gasteiger charge is -2.19. The number of alkyl halides is 3. The summed E-state index contributed by atoms with van der Waals surface area (Å²) < 4.78 is 36.7. The largest absolute Gasteiger partial charge is 0.390 e. The molecule has 0 saturated heterocycles. The van der Waals surface area contributed by atoms with Crippen molar-refractivity contribution in [3.05, 3.63) is 28.2 Å². The van der Waals surface area contributed by atoms with Crippen molar-refractivity contribution in [2.75, 3.05) is 13.6 Å². The first-order valence-corrected chi connectivity index (χ1v) is 6.25. The van der Waals surface area contributed by atoms with E-state index in [0.717, 1.165) is 4.90 Å². The van der Waals surface area contributed by atoms with Crippen molar-refractivity contribution in [2.45, 2.75) is 17.5 Å². The number of carbonyl (C=O) groups is 1. The molecule has 0 aliphatic rings. The number of hydrogen-bond donors (Lipinski definition) is 1. The molecule has 0 heterocycles. The van der Waals surface area contributed by atoms with Crippen LogP contribution < -0.4 is 0 Å². The lowest BCUT2D eigenvalue weighted by molar-refractivity contribution is -0.136. The fraction of sp³-hybridized carbons (Fsp3) is 0.364. The number of halogens is 4. The lowest BCUT2D eigenvalue weighted by Crippen LogP contribution is -2.30. The van der Waals surface area contributed by atoms with Crippen LogP contribution in [0.1, 0.15) is 16.8 Å². The van der Waals surface area contributed by atoms with Gasteiger partial charge in [-0.15, -0.1) is 12.6 Å². The number of thiol groups is 1. The minimum atomic E-state index is -4.27. The van der Waals surface area contributed by atoms with Crippen LogP contribution in [0.2, 0.25) is 0 Å². The SMILES string of the molecule is CN(CCC(F)(F)F)C(=O)c1cc(S)ccc1Br. The summed E-state index contributed by atoms with van der Waals surface area (Å²) in [5, 5.41) is 0. The summed E-state index contributed by atoms with van der Waals surface area (Å²) in [4.78, 5) is 13.5. The first-order valence-electron chi connectivity index (χ1n) is 5.01. The third-order valence-electron chi connectivity index (χ3n) is 2.26. The van der Waals surface area contributed by atoms with Gasteiger partial charge >= 0.3 is 6.18 Å². The number of hydrogen-bond acceptors (Lipinski definition) is 2. The molecule has 0 fully saturated rings. The van der Waals surface area contributed by atoms with Crippen LogP contribution in [0.3, 0.4) is 0 Å². The van der Waals surface area contributed by atoms with E-state index in [9.17, 15) is 18.0 Å². The molecule has 1 aromatic carbocycles. The highest BCUT2D eigenvalue weighted by atomic mass is 79.9. The first-order chi connectivity index (χ1) is 8.20. The molecule has 2 nitrogen and oxygen atoms in total. The zero-order chi connectivity index (χ0) is 13.9. The Kier molecular flexibility index (Phi) is 5.10. The number of carbonyl (C=O) groups excluding carboxylic acids is 1. The second kappa shape index (κ2) is 5.97. The molecule has 0 saturated carbocycles. The summed E-state index contributed by atoms with van der Waals surface area (Å²) in [6.45, 7) is -0.369. The van der Waals surface area contributed by atoms with Gasteiger partial charge in [0, 0.05) is 23.0 Å². The summed E-state index contributed by atoms with van der Waals surface area (Å²) >= 11 is 7.28. The third kappa shape index (κ3) is 4.53. The maximum Gasteiger partial charge on any atom is 0.390 e. The van der Waals surface area contributed by atoms with Crippen LogP contribution in [0.5, 0.6) is 0 Å². The van der Waals surface area contributed by atoms with Crippen LogP contribution in [0.15, 0.2) is 27.6 Å². The van der Waals surface area contributed by atoms with E-state index in [1.54, 1.807) is 12.1 Å². The highest BCUT2D eigenvalue weighted by Crippen LogP contribution is 2.23. The molecule has 0 bridgehead atoms.